The second-order valence-corrected chi connectivity index (χ2v) is 10.9. The summed E-state index contributed by atoms with van der Waals surface area (Å²) in [6.45, 7) is 9.39. The molecule has 0 aromatic heterocycles. The smallest absolute Gasteiger partial charge is 0.373 e. The number of alkyl halides is 4. The van der Waals surface area contributed by atoms with Gasteiger partial charge < -0.3 is 15.4 Å². The van der Waals surface area contributed by atoms with Gasteiger partial charge in [0.1, 0.15) is 5.41 Å². The first-order valence-corrected chi connectivity index (χ1v) is 12.9. The Labute approximate surface area is 213 Å². The number of nitrogens with zero attached hydrogens (tertiary/aromatic N) is 1. The Bertz CT molecular complexity index is 850. The number of hydrogen-bond acceptors (Lipinski definition) is 4. The van der Waals surface area contributed by atoms with E-state index in [0.29, 0.717) is 32.1 Å². The van der Waals surface area contributed by atoms with Crippen molar-refractivity contribution >= 4 is 21.1 Å². The molecule has 2 N–H and O–H groups in total. The third-order valence-electron chi connectivity index (χ3n) is 6.07. The number of amides is 2. The maximum atomic E-state index is 14.4. The van der Waals surface area contributed by atoms with E-state index in [-0.39, 0.29) is 48.2 Å². The molecule has 5 unspecified atom stereocenters. The summed E-state index contributed by atoms with van der Waals surface area (Å²) in [7, 11) is 1.85. The van der Waals surface area contributed by atoms with Crippen molar-refractivity contribution in [2.45, 2.75) is 70.8 Å². The second-order valence-electron chi connectivity index (χ2n) is 9.83. The molecule has 2 rings (SSSR count). The van der Waals surface area contributed by atoms with Crippen LogP contribution in [0.5, 0.6) is 0 Å². The molecule has 1 saturated heterocycles. The molecule has 1 aliphatic heterocycles. The van der Waals surface area contributed by atoms with Crippen LogP contribution in [0, 0.1) is 5.92 Å². The normalized spacial score (nSPS) is 21.5. The first kappa shape index (κ1) is 30.5. The van der Waals surface area contributed by atoms with E-state index < -0.39 is 23.1 Å². The third-order valence-corrected chi connectivity index (χ3v) is 6.41. The summed E-state index contributed by atoms with van der Waals surface area (Å²) in [5.41, 5.74) is -1.57. The molecule has 0 aliphatic carbocycles. The van der Waals surface area contributed by atoms with Gasteiger partial charge in [-0.2, -0.15) is 13.2 Å². The molecule has 1 heterocycles. The first-order chi connectivity index (χ1) is 16.7. The SMILES string of the molecule is CCCC(CCNC(=O)CN1CC(C)OC(C)C1)CNC(=O)c1cc(C(F)(F)F)cc(C(C)(F)P)c1. The molecule has 5 atom stereocenters. The molecule has 1 aromatic rings. The molecule has 36 heavy (non-hydrogen) atoms. The van der Waals surface area contributed by atoms with Crippen LogP contribution in [-0.4, -0.2) is 61.6 Å². The number of rotatable bonds is 11. The minimum Gasteiger partial charge on any atom is -0.373 e. The number of halogens is 4. The van der Waals surface area contributed by atoms with Crippen molar-refractivity contribution in [1.82, 2.24) is 15.5 Å². The van der Waals surface area contributed by atoms with Crippen molar-refractivity contribution < 1.29 is 31.9 Å². The molecule has 1 aliphatic rings. The first-order valence-electron chi connectivity index (χ1n) is 12.3. The molecule has 11 heteroatoms. The highest BCUT2D eigenvalue weighted by Gasteiger charge is 2.34. The maximum Gasteiger partial charge on any atom is 0.416 e. The highest BCUT2D eigenvalue weighted by atomic mass is 31.0. The third kappa shape index (κ3) is 9.94. The molecular weight excluding hydrogens is 497 g/mol. The Kier molecular flexibility index (Phi) is 11.1. The molecule has 6 nitrogen and oxygen atoms in total. The minimum absolute atomic E-state index is 0.0288. The van der Waals surface area contributed by atoms with Crippen LogP contribution in [0.1, 0.15) is 68.4 Å². The maximum absolute atomic E-state index is 14.4. The molecule has 2 amide bonds. The molecule has 204 valence electrons. The van der Waals surface area contributed by atoms with E-state index >= 15 is 0 Å². The fraction of sp³-hybridized carbons (Fsp3) is 0.680. The number of morpholine rings is 1. The van der Waals surface area contributed by atoms with Crippen LogP contribution in [0.25, 0.3) is 0 Å². The largest absolute Gasteiger partial charge is 0.416 e. The monoisotopic (exact) mass is 535 g/mol. The summed E-state index contributed by atoms with van der Waals surface area (Å²) in [5, 5.41) is 3.48. The summed E-state index contributed by atoms with van der Waals surface area (Å²) in [5.74, 6) is -0.753. The van der Waals surface area contributed by atoms with E-state index in [0.717, 1.165) is 31.9 Å². The van der Waals surface area contributed by atoms with Gasteiger partial charge >= 0.3 is 6.18 Å². The van der Waals surface area contributed by atoms with Crippen molar-refractivity contribution in [2.24, 2.45) is 5.92 Å². The lowest BCUT2D eigenvalue weighted by Gasteiger charge is -2.34. The fourth-order valence-electron chi connectivity index (χ4n) is 4.39. The van der Waals surface area contributed by atoms with Gasteiger partial charge in [0.15, 0.2) is 0 Å². The molecule has 0 bridgehead atoms. The van der Waals surface area contributed by atoms with E-state index in [1.807, 2.05) is 30.0 Å². The van der Waals surface area contributed by atoms with Gasteiger partial charge in [-0.25, -0.2) is 4.39 Å². The van der Waals surface area contributed by atoms with Crippen LogP contribution in [0.15, 0.2) is 18.2 Å². The quantitative estimate of drug-likeness (QED) is 0.324. The van der Waals surface area contributed by atoms with Gasteiger partial charge in [-0.05, 0) is 63.3 Å². The lowest BCUT2D eigenvalue weighted by molar-refractivity contribution is -0.137. The average molecular weight is 536 g/mol. The molecule has 0 saturated carbocycles. The highest BCUT2D eigenvalue weighted by Crippen LogP contribution is 2.37. The van der Waals surface area contributed by atoms with E-state index in [9.17, 15) is 27.2 Å². The van der Waals surface area contributed by atoms with E-state index in [4.69, 9.17) is 4.74 Å². The Morgan fingerprint density at radius 1 is 1.08 bits per heavy atom. The molecule has 1 aromatic carbocycles. The number of nitrogens with one attached hydrogen (secondary N) is 2. The molecule has 0 spiro atoms. The van der Waals surface area contributed by atoms with Crippen molar-refractivity contribution in [3.05, 3.63) is 34.9 Å². The van der Waals surface area contributed by atoms with Gasteiger partial charge in [0.05, 0.1) is 24.3 Å². The Hall–Kier alpha value is -1.77. The summed E-state index contributed by atoms with van der Waals surface area (Å²) in [6.07, 6.45) is -2.34. The summed E-state index contributed by atoms with van der Waals surface area (Å²) < 4.78 is 59.9. The lowest BCUT2D eigenvalue weighted by Crippen LogP contribution is -2.49. The van der Waals surface area contributed by atoms with Crippen molar-refractivity contribution in [2.75, 3.05) is 32.7 Å². The summed E-state index contributed by atoms with van der Waals surface area (Å²) in [4.78, 5) is 27.1. The van der Waals surface area contributed by atoms with Crippen molar-refractivity contribution in [3.8, 4) is 0 Å². The van der Waals surface area contributed by atoms with Crippen LogP contribution in [0.4, 0.5) is 17.6 Å². The van der Waals surface area contributed by atoms with Gasteiger partial charge in [0.25, 0.3) is 5.91 Å². The zero-order valence-electron chi connectivity index (χ0n) is 21.4. The van der Waals surface area contributed by atoms with Gasteiger partial charge in [-0.15, -0.1) is 0 Å². The van der Waals surface area contributed by atoms with Crippen LogP contribution in [-0.2, 0) is 21.1 Å². The number of carbonyl (C=O) groups excluding carboxylic acids is 2. The van der Waals surface area contributed by atoms with Crippen LogP contribution in [0.2, 0.25) is 0 Å². The fourth-order valence-corrected chi connectivity index (χ4v) is 4.56. The Morgan fingerprint density at radius 2 is 1.69 bits per heavy atom. The van der Waals surface area contributed by atoms with Crippen LogP contribution >= 0.6 is 9.24 Å². The average Bonchev–Trinajstić information content (AvgIpc) is 2.75. The molecule has 1 fully saturated rings. The topological polar surface area (TPSA) is 70.7 Å². The van der Waals surface area contributed by atoms with Gasteiger partial charge in [-0.1, -0.05) is 22.6 Å². The Balaban J connectivity index is 1.92. The predicted molar refractivity (Wildman–Crippen MR) is 134 cm³/mol. The second kappa shape index (κ2) is 13.2. The number of ether oxygens (including phenoxy) is 1. The van der Waals surface area contributed by atoms with Crippen molar-refractivity contribution in [3.63, 3.8) is 0 Å². The van der Waals surface area contributed by atoms with E-state index in [1.165, 1.54) is 0 Å². The van der Waals surface area contributed by atoms with Crippen LogP contribution < -0.4 is 10.6 Å². The molecule has 0 radical (unpaired) electrons. The molecular formula is C25H38F4N3O3P. The lowest BCUT2D eigenvalue weighted by atomic mass is 9.98. The van der Waals surface area contributed by atoms with Crippen molar-refractivity contribution in [1.29, 1.82) is 0 Å². The zero-order valence-corrected chi connectivity index (χ0v) is 22.5. The predicted octanol–water partition coefficient (Wildman–Crippen LogP) is 4.48. The van der Waals surface area contributed by atoms with E-state index in [2.05, 4.69) is 15.5 Å². The Morgan fingerprint density at radius 3 is 2.25 bits per heavy atom. The van der Waals surface area contributed by atoms with Crippen LogP contribution in [0.3, 0.4) is 0 Å². The minimum atomic E-state index is -4.71. The zero-order chi connectivity index (χ0) is 27.1. The van der Waals surface area contributed by atoms with Gasteiger partial charge in [0, 0.05) is 31.7 Å². The van der Waals surface area contributed by atoms with E-state index in [1.54, 1.807) is 0 Å². The van der Waals surface area contributed by atoms with Gasteiger partial charge in [0.2, 0.25) is 5.91 Å². The number of carbonyl (C=O) groups is 2. The van der Waals surface area contributed by atoms with Gasteiger partial charge in [-0.3, -0.25) is 14.5 Å². The summed E-state index contributed by atoms with van der Waals surface area (Å²) >= 11 is 0. The summed E-state index contributed by atoms with van der Waals surface area (Å²) in [6, 6.07) is 2.59. The number of hydrogen-bond donors (Lipinski definition) is 2. The number of benzene rings is 1. The standard InChI is InChI=1S/C25H38F4N3O3P/c1-5-6-18(7-8-30-22(33)15-32-13-16(2)35-17(3)14-32)12-31-23(34)19-9-20(24(4,26)36)11-21(10-19)25(27,28)29/h9-11,16-18H,5-8,12-15,36H2,1-4H3,(H,30,33)(H,31,34). The highest BCUT2D eigenvalue weighted by molar-refractivity contribution is 7.18.